The molecule has 3 heteroatoms. The van der Waals surface area contributed by atoms with E-state index in [1.807, 2.05) is 12.4 Å². The number of rotatable bonds is 1. The van der Waals surface area contributed by atoms with Crippen molar-refractivity contribution in [3.8, 4) is 0 Å². The van der Waals surface area contributed by atoms with Crippen LogP contribution in [0.15, 0.2) is 29.0 Å². The minimum Gasteiger partial charge on any atom is -0.313 e. The van der Waals surface area contributed by atoms with Crippen LogP contribution in [0.2, 0.25) is 0 Å². The average molecular weight is 279 g/mol. The molecule has 0 saturated carbocycles. The Morgan fingerprint density at radius 2 is 2.31 bits per heavy atom. The second kappa shape index (κ2) is 4.30. The highest BCUT2D eigenvalue weighted by Crippen LogP contribution is 2.34. The van der Waals surface area contributed by atoms with Gasteiger partial charge in [-0.1, -0.05) is 6.08 Å². The van der Waals surface area contributed by atoms with E-state index < -0.39 is 0 Å². The fourth-order valence-electron chi connectivity index (χ4n) is 2.78. The van der Waals surface area contributed by atoms with E-state index in [9.17, 15) is 0 Å². The van der Waals surface area contributed by atoms with Gasteiger partial charge in [-0.2, -0.15) is 0 Å². The molecule has 1 aromatic rings. The topological polar surface area (TPSA) is 24.9 Å². The predicted octanol–water partition coefficient (Wildman–Crippen LogP) is 3.00. The first kappa shape index (κ1) is 10.5. The second-order valence-corrected chi connectivity index (χ2v) is 5.59. The van der Waals surface area contributed by atoms with Crippen LogP contribution in [0, 0.1) is 5.92 Å². The minimum absolute atomic E-state index is 0.694. The highest BCUT2D eigenvalue weighted by molar-refractivity contribution is 9.10. The molecule has 0 bridgehead atoms. The third kappa shape index (κ3) is 1.94. The van der Waals surface area contributed by atoms with Crippen LogP contribution in [-0.4, -0.2) is 17.6 Å². The van der Waals surface area contributed by atoms with Crippen LogP contribution in [-0.2, 0) is 0 Å². The molecule has 1 fully saturated rings. The average Bonchev–Trinajstić information content (AvgIpc) is 2.75. The van der Waals surface area contributed by atoms with Gasteiger partial charge in [0.05, 0.1) is 0 Å². The van der Waals surface area contributed by atoms with Gasteiger partial charge < -0.3 is 5.32 Å². The van der Waals surface area contributed by atoms with Gasteiger partial charge in [-0.05, 0) is 64.9 Å². The fourth-order valence-corrected chi connectivity index (χ4v) is 3.14. The lowest BCUT2D eigenvalue weighted by Crippen LogP contribution is -2.29. The Balaban J connectivity index is 1.85. The second-order valence-electron chi connectivity index (χ2n) is 4.67. The number of allylic oxidation sites excluding steroid dienone is 1. The van der Waals surface area contributed by atoms with Crippen molar-refractivity contribution in [3.63, 3.8) is 0 Å². The van der Waals surface area contributed by atoms with Gasteiger partial charge in [-0.25, -0.2) is 0 Å². The number of halogens is 1. The van der Waals surface area contributed by atoms with Gasteiger partial charge >= 0.3 is 0 Å². The van der Waals surface area contributed by atoms with Gasteiger partial charge in [0.15, 0.2) is 0 Å². The van der Waals surface area contributed by atoms with Crippen LogP contribution in [0.25, 0.3) is 5.57 Å². The summed E-state index contributed by atoms with van der Waals surface area (Å²) in [7, 11) is 0. The van der Waals surface area contributed by atoms with Crippen LogP contribution in [0.4, 0.5) is 0 Å². The SMILES string of the molecule is Brc1cncc(C2=CC[C@@H]3CCN[C@@H]3C2)c1. The van der Waals surface area contributed by atoms with E-state index in [2.05, 4.69) is 38.4 Å². The Morgan fingerprint density at radius 1 is 1.38 bits per heavy atom. The van der Waals surface area contributed by atoms with Crippen LogP contribution < -0.4 is 5.32 Å². The Bertz CT molecular complexity index is 428. The van der Waals surface area contributed by atoms with Gasteiger partial charge in [0.25, 0.3) is 0 Å². The summed E-state index contributed by atoms with van der Waals surface area (Å²) >= 11 is 3.48. The number of nitrogens with zero attached hydrogens (tertiary/aromatic N) is 1. The summed E-state index contributed by atoms with van der Waals surface area (Å²) in [5.74, 6) is 0.865. The molecule has 1 N–H and O–H groups in total. The van der Waals surface area contributed by atoms with Crippen molar-refractivity contribution in [1.29, 1.82) is 0 Å². The molecule has 0 radical (unpaired) electrons. The van der Waals surface area contributed by atoms with Crippen LogP contribution in [0.5, 0.6) is 0 Å². The molecule has 2 atom stereocenters. The molecular weight excluding hydrogens is 264 g/mol. The van der Waals surface area contributed by atoms with E-state index in [-0.39, 0.29) is 0 Å². The maximum Gasteiger partial charge on any atom is 0.0410 e. The molecular formula is C13H15BrN2. The summed E-state index contributed by atoms with van der Waals surface area (Å²) in [6, 6.07) is 2.85. The number of fused-ring (bicyclic) bond motifs is 1. The molecule has 0 amide bonds. The third-order valence-electron chi connectivity index (χ3n) is 3.67. The Kier molecular flexibility index (Phi) is 2.82. The molecule has 0 unspecified atom stereocenters. The van der Waals surface area contributed by atoms with Gasteiger partial charge in [0, 0.05) is 22.9 Å². The van der Waals surface area contributed by atoms with Crippen molar-refractivity contribution in [1.82, 2.24) is 10.3 Å². The molecule has 1 saturated heterocycles. The van der Waals surface area contributed by atoms with E-state index >= 15 is 0 Å². The maximum absolute atomic E-state index is 4.24. The first-order valence-corrected chi connectivity index (χ1v) is 6.65. The largest absolute Gasteiger partial charge is 0.313 e. The lowest BCUT2D eigenvalue weighted by atomic mass is 9.84. The molecule has 84 valence electrons. The summed E-state index contributed by atoms with van der Waals surface area (Å²) in [6.45, 7) is 1.19. The summed E-state index contributed by atoms with van der Waals surface area (Å²) in [6.07, 6.45) is 9.92. The standard InChI is InChI=1S/C13H15BrN2/c14-12-5-11(7-15-8-12)10-2-1-9-3-4-16-13(9)6-10/h2,5,7-9,13,16H,1,3-4,6H2/t9-,13-/m1/s1. The molecule has 1 aliphatic heterocycles. The van der Waals surface area contributed by atoms with Gasteiger partial charge in [0.1, 0.15) is 0 Å². The van der Waals surface area contributed by atoms with Crippen LogP contribution in [0.1, 0.15) is 24.8 Å². The molecule has 2 nitrogen and oxygen atoms in total. The highest BCUT2D eigenvalue weighted by Gasteiger charge is 2.29. The Morgan fingerprint density at radius 3 is 3.19 bits per heavy atom. The van der Waals surface area contributed by atoms with Crippen molar-refractivity contribution >= 4 is 21.5 Å². The molecule has 2 aliphatic rings. The lowest BCUT2D eigenvalue weighted by Gasteiger charge is -2.25. The van der Waals surface area contributed by atoms with E-state index in [0.29, 0.717) is 6.04 Å². The van der Waals surface area contributed by atoms with E-state index in [0.717, 1.165) is 16.8 Å². The van der Waals surface area contributed by atoms with Crippen molar-refractivity contribution in [2.24, 2.45) is 5.92 Å². The van der Waals surface area contributed by atoms with Crippen LogP contribution >= 0.6 is 15.9 Å². The molecule has 16 heavy (non-hydrogen) atoms. The van der Waals surface area contributed by atoms with Crippen molar-refractivity contribution < 1.29 is 0 Å². The molecule has 0 aromatic carbocycles. The van der Waals surface area contributed by atoms with Gasteiger partial charge in [-0.15, -0.1) is 0 Å². The molecule has 3 rings (SSSR count). The number of nitrogens with one attached hydrogen (secondary N) is 1. The first-order chi connectivity index (χ1) is 7.83. The minimum atomic E-state index is 0.694. The van der Waals surface area contributed by atoms with Gasteiger partial charge in [0.2, 0.25) is 0 Å². The zero-order valence-electron chi connectivity index (χ0n) is 9.12. The molecule has 0 spiro atoms. The Hall–Kier alpha value is -0.670. The van der Waals surface area contributed by atoms with Crippen LogP contribution in [0.3, 0.4) is 0 Å². The summed E-state index contributed by atoms with van der Waals surface area (Å²) < 4.78 is 1.06. The summed E-state index contributed by atoms with van der Waals surface area (Å²) in [5.41, 5.74) is 2.71. The highest BCUT2D eigenvalue weighted by atomic mass is 79.9. The van der Waals surface area contributed by atoms with E-state index in [4.69, 9.17) is 0 Å². The zero-order chi connectivity index (χ0) is 11.0. The third-order valence-corrected chi connectivity index (χ3v) is 4.11. The number of hydrogen-bond donors (Lipinski definition) is 1. The monoisotopic (exact) mass is 278 g/mol. The van der Waals surface area contributed by atoms with Gasteiger partial charge in [-0.3, -0.25) is 4.98 Å². The smallest absolute Gasteiger partial charge is 0.0410 e. The van der Waals surface area contributed by atoms with Crippen molar-refractivity contribution in [2.75, 3.05) is 6.54 Å². The van der Waals surface area contributed by atoms with Crippen molar-refractivity contribution in [3.05, 3.63) is 34.6 Å². The number of pyridine rings is 1. The summed E-state index contributed by atoms with van der Waals surface area (Å²) in [5, 5.41) is 3.60. The number of aromatic nitrogens is 1. The number of hydrogen-bond acceptors (Lipinski definition) is 2. The maximum atomic E-state index is 4.24. The molecule has 1 aliphatic carbocycles. The van der Waals surface area contributed by atoms with E-state index in [1.165, 1.54) is 30.5 Å². The predicted molar refractivity (Wildman–Crippen MR) is 69.0 cm³/mol. The summed E-state index contributed by atoms with van der Waals surface area (Å²) in [4.78, 5) is 4.24. The zero-order valence-corrected chi connectivity index (χ0v) is 10.7. The van der Waals surface area contributed by atoms with E-state index in [1.54, 1.807) is 0 Å². The lowest BCUT2D eigenvalue weighted by molar-refractivity contribution is 0.445. The quantitative estimate of drug-likeness (QED) is 0.854. The molecule has 2 heterocycles. The van der Waals surface area contributed by atoms with Crippen molar-refractivity contribution in [2.45, 2.75) is 25.3 Å². The molecule has 1 aromatic heterocycles. The first-order valence-electron chi connectivity index (χ1n) is 5.86. The normalized spacial score (nSPS) is 28.7. The Labute approximate surface area is 104 Å². The fraction of sp³-hybridized carbons (Fsp3) is 0.462.